The van der Waals surface area contributed by atoms with Gasteiger partial charge in [-0.25, -0.2) is 4.79 Å². The van der Waals surface area contributed by atoms with E-state index in [2.05, 4.69) is 0 Å². The Morgan fingerprint density at radius 3 is 2.27 bits per heavy atom. The van der Waals surface area contributed by atoms with E-state index >= 15 is 0 Å². The van der Waals surface area contributed by atoms with Gasteiger partial charge in [-0.15, -0.1) is 0 Å². The molecule has 3 rings (SSSR count). The average Bonchev–Trinajstić information content (AvgIpc) is 2.62. The second-order valence-electron chi connectivity index (χ2n) is 5.78. The quantitative estimate of drug-likeness (QED) is 0.607. The lowest BCUT2D eigenvalue weighted by atomic mass is 9.99. The van der Waals surface area contributed by atoms with Crippen molar-refractivity contribution in [3.8, 4) is 28.4 Å². The van der Waals surface area contributed by atoms with Crippen LogP contribution in [0.3, 0.4) is 0 Å². The van der Waals surface area contributed by atoms with Crippen molar-refractivity contribution < 1.29 is 18.6 Å². The fraction of sp³-hybridized carbons (Fsp3) is 0.286. The topological polar surface area (TPSA) is 57.9 Å². The highest BCUT2D eigenvalue weighted by Crippen LogP contribution is 2.36. The van der Waals surface area contributed by atoms with Gasteiger partial charge < -0.3 is 18.6 Å². The summed E-state index contributed by atoms with van der Waals surface area (Å²) < 4.78 is 22.2. The van der Waals surface area contributed by atoms with Crippen LogP contribution in [0.15, 0.2) is 45.6 Å². The number of ether oxygens (including phenoxy) is 3. The molecule has 0 saturated carbocycles. The first-order chi connectivity index (χ1) is 12.6. The van der Waals surface area contributed by atoms with Crippen LogP contribution in [0.2, 0.25) is 0 Å². The van der Waals surface area contributed by atoms with Crippen LogP contribution >= 0.6 is 0 Å². The van der Waals surface area contributed by atoms with Crippen LogP contribution in [0, 0.1) is 6.92 Å². The van der Waals surface area contributed by atoms with Gasteiger partial charge in [0, 0.05) is 12.1 Å². The molecule has 0 aliphatic carbocycles. The summed E-state index contributed by atoms with van der Waals surface area (Å²) in [5, 5.41) is 0.778. The van der Waals surface area contributed by atoms with E-state index in [9.17, 15) is 4.79 Å². The summed E-state index contributed by atoms with van der Waals surface area (Å²) in [6.45, 7) is 6.74. The molecule has 26 heavy (non-hydrogen) atoms. The lowest BCUT2D eigenvalue weighted by molar-refractivity contribution is 0.325. The van der Waals surface area contributed by atoms with Gasteiger partial charge in [-0.3, -0.25) is 0 Å². The van der Waals surface area contributed by atoms with Gasteiger partial charge in [0.2, 0.25) is 0 Å². The van der Waals surface area contributed by atoms with Crippen molar-refractivity contribution in [3.63, 3.8) is 0 Å². The second-order valence-corrected chi connectivity index (χ2v) is 5.78. The molecule has 0 aliphatic heterocycles. The highest BCUT2D eigenvalue weighted by Gasteiger charge is 2.18. The molecular formula is C21H22O5. The van der Waals surface area contributed by atoms with E-state index in [0.29, 0.717) is 35.9 Å². The Morgan fingerprint density at radius 1 is 0.962 bits per heavy atom. The molecule has 0 saturated heterocycles. The molecule has 0 spiro atoms. The highest BCUT2D eigenvalue weighted by molar-refractivity contribution is 5.92. The Morgan fingerprint density at radius 2 is 1.65 bits per heavy atom. The number of methoxy groups -OCH3 is 1. The van der Waals surface area contributed by atoms with E-state index in [-0.39, 0.29) is 0 Å². The van der Waals surface area contributed by atoms with Gasteiger partial charge in [-0.2, -0.15) is 0 Å². The number of hydrogen-bond donors (Lipinski definition) is 0. The number of aryl methyl sites for hydroxylation is 1. The predicted molar refractivity (Wildman–Crippen MR) is 102 cm³/mol. The van der Waals surface area contributed by atoms with Gasteiger partial charge in [0.05, 0.1) is 31.3 Å². The van der Waals surface area contributed by atoms with E-state index in [0.717, 1.165) is 22.3 Å². The number of rotatable bonds is 6. The Kier molecular flexibility index (Phi) is 5.16. The summed E-state index contributed by atoms with van der Waals surface area (Å²) in [4.78, 5) is 12.7. The molecule has 0 bridgehead atoms. The normalized spacial score (nSPS) is 10.8. The molecule has 0 unspecified atom stereocenters. The monoisotopic (exact) mass is 354 g/mol. The van der Waals surface area contributed by atoms with E-state index < -0.39 is 5.63 Å². The van der Waals surface area contributed by atoms with Gasteiger partial charge in [-0.1, -0.05) is 12.1 Å². The fourth-order valence-corrected chi connectivity index (χ4v) is 3.06. The molecule has 136 valence electrons. The fourth-order valence-electron chi connectivity index (χ4n) is 3.06. The van der Waals surface area contributed by atoms with Crippen LogP contribution in [0.1, 0.15) is 19.4 Å². The van der Waals surface area contributed by atoms with Crippen LogP contribution in [0.4, 0.5) is 0 Å². The summed E-state index contributed by atoms with van der Waals surface area (Å²) in [6.07, 6.45) is 0. The Hall–Kier alpha value is -2.95. The largest absolute Gasteiger partial charge is 0.497 e. The molecule has 0 fully saturated rings. The molecule has 0 amide bonds. The first-order valence-electron chi connectivity index (χ1n) is 8.60. The van der Waals surface area contributed by atoms with Crippen molar-refractivity contribution in [3.05, 3.63) is 52.4 Å². The third kappa shape index (κ3) is 3.25. The summed E-state index contributed by atoms with van der Waals surface area (Å²) in [5.74, 6) is 1.99. The minimum absolute atomic E-state index is 0.392. The first-order valence-corrected chi connectivity index (χ1v) is 8.60. The van der Waals surface area contributed by atoms with E-state index in [1.54, 1.807) is 13.2 Å². The predicted octanol–water partition coefficient (Wildman–Crippen LogP) is 4.57. The van der Waals surface area contributed by atoms with Crippen molar-refractivity contribution in [2.45, 2.75) is 20.8 Å². The SMILES string of the molecule is CCOc1cc(OCC)c2c(C)c(-c3ccc(OC)cc3)c(=O)oc2c1. The Bertz CT molecular complexity index is 970. The maximum atomic E-state index is 12.7. The zero-order valence-corrected chi connectivity index (χ0v) is 15.4. The molecule has 5 nitrogen and oxygen atoms in total. The summed E-state index contributed by atoms with van der Waals surface area (Å²) in [5.41, 5.74) is 2.17. The molecule has 0 atom stereocenters. The zero-order chi connectivity index (χ0) is 18.7. The van der Waals surface area contributed by atoms with Gasteiger partial charge in [0.1, 0.15) is 22.8 Å². The van der Waals surface area contributed by atoms with Crippen molar-refractivity contribution in [1.29, 1.82) is 0 Å². The lowest BCUT2D eigenvalue weighted by Crippen LogP contribution is -2.07. The van der Waals surface area contributed by atoms with Crippen molar-refractivity contribution in [2.24, 2.45) is 0 Å². The molecular weight excluding hydrogens is 332 g/mol. The lowest BCUT2D eigenvalue weighted by Gasteiger charge is -2.14. The van der Waals surface area contributed by atoms with Gasteiger partial charge >= 0.3 is 5.63 Å². The maximum Gasteiger partial charge on any atom is 0.344 e. The maximum absolute atomic E-state index is 12.7. The number of benzene rings is 2. The van der Waals surface area contributed by atoms with Crippen LogP contribution in [0.5, 0.6) is 17.2 Å². The molecule has 5 heteroatoms. The zero-order valence-electron chi connectivity index (χ0n) is 15.4. The van der Waals surface area contributed by atoms with Crippen molar-refractivity contribution in [2.75, 3.05) is 20.3 Å². The van der Waals surface area contributed by atoms with Gasteiger partial charge in [0.15, 0.2) is 0 Å². The Labute approximate surface area is 152 Å². The number of fused-ring (bicyclic) bond motifs is 1. The third-order valence-electron chi connectivity index (χ3n) is 4.19. The third-order valence-corrected chi connectivity index (χ3v) is 4.19. The summed E-state index contributed by atoms with van der Waals surface area (Å²) in [6, 6.07) is 10.9. The standard InChI is InChI=1S/C21H22O5/c1-5-24-16-11-17(25-6-2)20-13(3)19(21(22)26-18(20)12-16)14-7-9-15(23-4)10-8-14/h7-12H,5-6H2,1-4H3. The van der Waals surface area contributed by atoms with Crippen LogP contribution < -0.4 is 19.8 Å². The minimum Gasteiger partial charge on any atom is -0.497 e. The van der Waals surface area contributed by atoms with Crippen LogP contribution in [0.25, 0.3) is 22.1 Å². The molecule has 1 aromatic heterocycles. The van der Waals surface area contributed by atoms with Crippen molar-refractivity contribution >= 4 is 11.0 Å². The van der Waals surface area contributed by atoms with E-state index in [4.69, 9.17) is 18.6 Å². The van der Waals surface area contributed by atoms with Gasteiger partial charge in [0.25, 0.3) is 0 Å². The van der Waals surface area contributed by atoms with Crippen LogP contribution in [-0.2, 0) is 0 Å². The van der Waals surface area contributed by atoms with E-state index in [1.165, 1.54) is 0 Å². The number of hydrogen-bond acceptors (Lipinski definition) is 5. The highest BCUT2D eigenvalue weighted by atomic mass is 16.5. The molecule has 1 heterocycles. The molecule has 0 N–H and O–H groups in total. The second kappa shape index (κ2) is 7.52. The molecule has 0 radical (unpaired) electrons. The first kappa shape index (κ1) is 17.9. The van der Waals surface area contributed by atoms with Gasteiger partial charge in [-0.05, 0) is 44.0 Å². The smallest absolute Gasteiger partial charge is 0.344 e. The summed E-state index contributed by atoms with van der Waals surface area (Å²) >= 11 is 0. The average molecular weight is 354 g/mol. The molecule has 2 aromatic carbocycles. The molecule has 0 aliphatic rings. The Balaban J connectivity index is 2.26. The minimum atomic E-state index is -0.392. The molecule has 3 aromatic rings. The van der Waals surface area contributed by atoms with Crippen LogP contribution in [-0.4, -0.2) is 20.3 Å². The summed E-state index contributed by atoms with van der Waals surface area (Å²) in [7, 11) is 1.61. The van der Waals surface area contributed by atoms with E-state index in [1.807, 2.05) is 51.1 Å². The van der Waals surface area contributed by atoms with Crippen molar-refractivity contribution in [1.82, 2.24) is 0 Å².